The number of amides is 1. The highest BCUT2D eigenvalue weighted by atomic mass is 16.1. The predicted octanol–water partition coefficient (Wildman–Crippen LogP) is 2.80. The smallest absolute Gasteiger partial charge is 0.252 e. The lowest BCUT2D eigenvalue weighted by molar-refractivity contribution is 0.0956. The van der Waals surface area contributed by atoms with Crippen molar-refractivity contribution in [1.82, 2.24) is 26.3 Å². The quantitative estimate of drug-likeness (QED) is 0.155. The van der Waals surface area contributed by atoms with Gasteiger partial charge in [0.05, 0.1) is 16.6 Å². The fourth-order valence-corrected chi connectivity index (χ4v) is 4.03. The van der Waals surface area contributed by atoms with Crippen LogP contribution in [0.2, 0.25) is 0 Å². The van der Waals surface area contributed by atoms with Crippen molar-refractivity contribution in [2.24, 2.45) is 5.73 Å². The molecule has 1 heterocycles. The van der Waals surface area contributed by atoms with Gasteiger partial charge in [0.25, 0.3) is 5.91 Å². The van der Waals surface area contributed by atoms with Gasteiger partial charge in [-0.1, -0.05) is 36.4 Å². The summed E-state index contributed by atoms with van der Waals surface area (Å²) in [5, 5.41) is 15.3. The van der Waals surface area contributed by atoms with Gasteiger partial charge in [0.1, 0.15) is 0 Å². The van der Waals surface area contributed by atoms with E-state index in [9.17, 15) is 4.79 Å². The number of para-hydroxylation sites is 2. The Hall–Kier alpha value is -2.58. The molecule has 6 N–H and O–H groups in total. The molecule has 0 aliphatic carbocycles. The van der Waals surface area contributed by atoms with Crippen LogP contribution in [0.5, 0.6) is 0 Å². The zero-order valence-electron chi connectivity index (χ0n) is 20.2. The van der Waals surface area contributed by atoms with Gasteiger partial charge in [-0.15, -0.1) is 0 Å². The van der Waals surface area contributed by atoms with Crippen molar-refractivity contribution in [3.8, 4) is 0 Å². The molecule has 7 heteroatoms. The number of nitrogens with one attached hydrogen (secondary N) is 4. The van der Waals surface area contributed by atoms with Gasteiger partial charge in [-0.3, -0.25) is 4.79 Å². The molecule has 1 aromatic heterocycles. The molecule has 1 amide bonds. The van der Waals surface area contributed by atoms with E-state index >= 15 is 0 Å². The van der Waals surface area contributed by atoms with E-state index in [1.165, 1.54) is 12.8 Å². The van der Waals surface area contributed by atoms with E-state index in [2.05, 4.69) is 21.3 Å². The second-order valence-corrected chi connectivity index (χ2v) is 8.58. The largest absolute Gasteiger partial charge is 0.352 e. The number of hydrogen-bond acceptors (Lipinski definition) is 6. The fourth-order valence-electron chi connectivity index (χ4n) is 4.03. The van der Waals surface area contributed by atoms with Crippen molar-refractivity contribution < 1.29 is 4.79 Å². The molecule has 2 aromatic carbocycles. The number of benzene rings is 2. The number of nitrogens with two attached hydrogens (primary N) is 1. The van der Waals surface area contributed by atoms with Crippen molar-refractivity contribution in [1.29, 1.82) is 0 Å². The molecule has 184 valence electrons. The highest BCUT2D eigenvalue weighted by Crippen LogP contribution is 2.25. The maximum absolute atomic E-state index is 13.0. The number of carbonyl (C=O) groups excluding carboxylic acids is 1. The van der Waals surface area contributed by atoms with E-state index in [-0.39, 0.29) is 5.91 Å². The second-order valence-electron chi connectivity index (χ2n) is 8.58. The van der Waals surface area contributed by atoms with E-state index < -0.39 is 0 Å². The third-order valence-corrected chi connectivity index (χ3v) is 5.85. The highest BCUT2D eigenvalue weighted by Gasteiger charge is 2.15. The molecule has 0 aliphatic rings. The van der Waals surface area contributed by atoms with Gasteiger partial charge in [0, 0.05) is 17.3 Å². The number of fused-ring (bicyclic) bond motifs is 2. The number of hydrogen-bond donors (Lipinski definition) is 5. The van der Waals surface area contributed by atoms with E-state index in [0.29, 0.717) is 12.1 Å². The minimum Gasteiger partial charge on any atom is -0.352 e. The van der Waals surface area contributed by atoms with E-state index in [1.54, 1.807) is 0 Å². The molecule has 0 bridgehead atoms. The van der Waals surface area contributed by atoms with Crippen LogP contribution in [0.25, 0.3) is 21.8 Å². The Bertz CT molecular complexity index is 955. The fraction of sp³-hybridized carbons (Fsp3) is 0.481. The Morgan fingerprint density at radius 2 is 1.12 bits per heavy atom. The molecular formula is C27H40N6O. The Balaban J connectivity index is 1.27. The molecule has 0 radical (unpaired) electrons. The number of carbonyl (C=O) groups is 1. The maximum atomic E-state index is 13.0. The van der Waals surface area contributed by atoms with Gasteiger partial charge in [-0.25, -0.2) is 4.98 Å². The van der Waals surface area contributed by atoms with Crippen LogP contribution in [0.1, 0.15) is 42.5 Å². The maximum Gasteiger partial charge on any atom is 0.252 e. The summed E-state index contributed by atoms with van der Waals surface area (Å²) in [4.78, 5) is 17.7. The topological polar surface area (TPSA) is 104 Å². The lowest BCUT2D eigenvalue weighted by Gasteiger charge is -2.11. The molecule has 0 aliphatic heterocycles. The lowest BCUT2D eigenvalue weighted by atomic mass is 10.0. The molecule has 0 saturated heterocycles. The normalized spacial score (nSPS) is 11.3. The zero-order valence-corrected chi connectivity index (χ0v) is 20.2. The Morgan fingerprint density at radius 3 is 1.68 bits per heavy atom. The minimum absolute atomic E-state index is 0.0337. The van der Waals surface area contributed by atoms with Crippen molar-refractivity contribution in [2.75, 3.05) is 52.4 Å². The summed E-state index contributed by atoms with van der Waals surface area (Å²) in [6, 6.07) is 15.7. The first-order valence-electron chi connectivity index (χ1n) is 12.7. The van der Waals surface area contributed by atoms with Crippen LogP contribution in [0, 0.1) is 0 Å². The number of aromatic nitrogens is 1. The molecule has 3 rings (SSSR count). The van der Waals surface area contributed by atoms with Gasteiger partial charge in [0.2, 0.25) is 0 Å². The lowest BCUT2D eigenvalue weighted by Crippen LogP contribution is -2.29. The average Bonchev–Trinajstić information content (AvgIpc) is 2.86. The zero-order chi connectivity index (χ0) is 23.8. The summed E-state index contributed by atoms with van der Waals surface area (Å²) in [6.45, 7) is 7.50. The van der Waals surface area contributed by atoms with Crippen LogP contribution in [0.15, 0.2) is 48.5 Å². The standard InChI is InChI=1S/C27H40N6O/c28-14-7-17-29-15-5-6-16-30-18-8-19-31-20-9-21-32-27(34)26-22-10-1-3-12-24(22)33-25-13-4-2-11-23(25)26/h1-4,10-13,29-31H,5-9,14-21,28H2,(H,32,34). The summed E-state index contributed by atoms with van der Waals surface area (Å²) < 4.78 is 0. The monoisotopic (exact) mass is 464 g/mol. The number of pyridine rings is 1. The summed E-state index contributed by atoms with van der Waals surface area (Å²) in [5.41, 5.74) is 7.89. The molecule has 0 atom stereocenters. The number of rotatable bonds is 17. The summed E-state index contributed by atoms with van der Waals surface area (Å²) in [7, 11) is 0. The molecule has 34 heavy (non-hydrogen) atoms. The predicted molar refractivity (Wildman–Crippen MR) is 142 cm³/mol. The highest BCUT2D eigenvalue weighted by molar-refractivity contribution is 6.16. The Morgan fingerprint density at radius 1 is 0.647 bits per heavy atom. The van der Waals surface area contributed by atoms with E-state index in [4.69, 9.17) is 10.7 Å². The molecule has 0 spiro atoms. The first-order valence-corrected chi connectivity index (χ1v) is 12.7. The van der Waals surface area contributed by atoms with Crippen LogP contribution in [0.3, 0.4) is 0 Å². The summed E-state index contributed by atoms with van der Waals surface area (Å²) in [5.74, 6) is -0.0337. The number of nitrogens with zero attached hydrogens (tertiary/aromatic N) is 1. The third kappa shape index (κ3) is 8.33. The van der Waals surface area contributed by atoms with Crippen molar-refractivity contribution in [3.05, 3.63) is 54.1 Å². The molecule has 0 saturated carbocycles. The molecule has 0 unspecified atom stereocenters. The van der Waals surface area contributed by atoms with Crippen LogP contribution >= 0.6 is 0 Å². The van der Waals surface area contributed by atoms with Crippen molar-refractivity contribution in [3.63, 3.8) is 0 Å². The van der Waals surface area contributed by atoms with Crippen molar-refractivity contribution in [2.45, 2.75) is 32.1 Å². The Kier molecular flexibility index (Phi) is 11.8. The first-order chi connectivity index (χ1) is 16.8. The van der Waals surface area contributed by atoms with Gasteiger partial charge in [-0.05, 0) is 90.1 Å². The molecule has 0 fully saturated rings. The summed E-state index contributed by atoms with van der Waals surface area (Å²) >= 11 is 0. The summed E-state index contributed by atoms with van der Waals surface area (Å²) in [6.07, 6.45) is 5.46. The van der Waals surface area contributed by atoms with Gasteiger partial charge < -0.3 is 27.0 Å². The Labute approximate surface area is 203 Å². The number of unbranched alkanes of at least 4 members (excludes halogenated alkanes) is 1. The molecular weight excluding hydrogens is 424 g/mol. The van der Waals surface area contributed by atoms with Gasteiger partial charge >= 0.3 is 0 Å². The minimum atomic E-state index is -0.0337. The first kappa shape index (κ1) is 26.0. The van der Waals surface area contributed by atoms with Crippen molar-refractivity contribution >= 4 is 27.7 Å². The van der Waals surface area contributed by atoms with Crippen LogP contribution in [-0.4, -0.2) is 63.2 Å². The van der Waals surface area contributed by atoms with Gasteiger partial charge in [0.15, 0.2) is 0 Å². The molecule has 3 aromatic rings. The van der Waals surface area contributed by atoms with Crippen LogP contribution in [0.4, 0.5) is 0 Å². The van der Waals surface area contributed by atoms with Crippen LogP contribution < -0.4 is 27.0 Å². The molecule has 7 nitrogen and oxygen atoms in total. The van der Waals surface area contributed by atoms with E-state index in [0.717, 1.165) is 86.9 Å². The average molecular weight is 465 g/mol. The van der Waals surface area contributed by atoms with E-state index in [1.807, 2.05) is 48.5 Å². The van der Waals surface area contributed by atoms with Crippen LogP contribution in [-0.2, 0) is 0 Å². The third-order valence-electron chi connectivity index (χ3n) is 5.85. The SMILES string of the molecule is NCCCNCCCCNCCCNCCCNC(=O)c1c2ccccc2nc2ccccc12. The second kappa shape index (κ2) is 15.3. The van der Waals surface area contributed by atoms with Gasteiger partial charge in [-0.2, -0.15) is 0 Å².